The van der Waals surface area contributed by atoms with E-state index in [0.29, 0.717) is 22.6 Å². The van der Waals surface area contributed by atoms with E-state index in [1.54, 1.807) is 12.1 Å². The maximum absolute atomic E-state index is 13.5. The molecule has 1 rings (SSSR count). The van der Waals surface area contributed by atoms with Gasteiger partial charge in [-0.3, -0.25) is 0 Å². The van der Waals surface area contributed by atoms with Crippen molar-refractivity contribution in [2.24, 2.45) is 5.73 Å². The lowest BCUT2D eigenvalue weighted by atomic mass is 10.1. The molecule has 0 spiro atoms. The standard InChI is InChI=1S/C12H14FNOS/c13-12-8-10(2-1-5-14)3-4-11(12)9-16-7-6-15/h3-4,8,15H,5-7,9,14H2. The van der Waals surface area contributed by atoms with E-state index in [-0.39, 0.29) is 19.0 Å². The van der Waals surface area contributed by atoms with Crippen LogP contribution in [0.2, 0.25) is 0 Å². The van der Waals surface area contributed by atoms with E-state index in [4.69, 9.17) is 10.8 Å². The summed E-state index contributed by atoms with van der Waals surface area (Å²) in [6, 6.07) is 4.91. The van der Waals surface area contributed by atoms with E-state index in [1.807, 2.05) is 0 Å². The summed E-state index contributed by atoms with van der Waals surface area (Å²) >= 11 is 1.50. The quantitative estimate of drug-likeness (QED) is 0.616. The van der Waals surface area contributed by atoms with Gasteiger partial charge in [-0.1, -0.05) is 17.9 Å². The van der Waals surface area contributed by atoms with Crippen molar-refractivity contribution in [1.82, 2.24) is 0 Å². The van der Waals surface area contributed by atoms with Crippen molar-refractivity contribution in [3.8, 4) is 11.8 Å². The van der Waals surface area contributed by atoms with Crippen LogP contribution in [0.4, 0.5) is 4.39 Å². The minimum absolute atomic E-state index is 0.117. The van der Waals surface area contributed by atoms with Crippen LogP contribution in [-0.2, 0) is 5.75 Å². The Balaban J connectivity index is 2.67. The molecule has 0 aliphatic carbocycles. The zero-order chi connectivity index (χ0) is 11.8. The Bertz CT molecular complexity index is 398. The third-order valence-electron chi connectivity index (χ3n) is 1.88. The smallest absolute Gasteiger partial charge is 0.128 e. The molecule has 1 aromatic rings. The Labute approximate surface area is 99.0 Å². The van der Waals surface area contributed by atoms with Crippen LogP contribution in [0, 0.1) is 17.7 Å². The number of hydrogen-bond acceptors (Lipinski definition) is 3. The molecule has 0 unspecified atom stereocenters. The Morgan fingerprint density at radius 2 is 2.25 bits per heavy atom. The lowest BCUT2D eigenvalue weighted by Crippen LogP contribution is -1.94. The van der Waals surface area contributed by atoms with Crippen molar-refractivity contribution < 1.29 is 9.50 Å². The molecule has 0 heterocycles. The average molecular weight is 239 g/mol. The summed E-state index contributed by atoms with van der Waals surface area (Å²) < 4.78 is 13.5. The summed E-state index contributed by atoms with van der Waals surface area (Å²) in [4.78, 5) is 0. The highest BCUT2D eigenvalue weighted by Gasteiger charge is 2.02. The lowest BCUT2D eigenvalue weighted by molar-refractivity contribution is 0.322. The van der Waals surface area contributed by atoms with Gasteiger partial charge >= 0.3 is 0 Å². The van der Waals surface area contributed by atoms with Crippen LogP contribution in [0.5, 0.6) is 0 Å². The number of thioether (sulfide) groups is 1. The van der Waals surface area contributed by atoms with Crippen LogP contribution in [0.15, 0.2) is 18.2 Å². The van der Waals surface area contributed by atoms with Crippen molar-refractivity contribution >= 4 is 11.8 Å². The number of aliphatic hydroxyl groups is 1. The molecule has 4 heteroatoms. The summed E-state index contributed by atoms with van der Waals surface area (Å²) in [6.45, 7) is 0.391. The molecule has 86 valence electrons. The fourth-order valence-corrected chi connectivity index (χ4v) is 1.87. The minimum Gasteiger partial charge on any atom is -0.396 e. The molecule has 0 saturated carbocycles. The van der Waals surface area contributed by atoms with Gasteiger partial charge in [-0.05, 0) is 17.7 Å². The number of aliphatic hydroxyl groups excluding tert-OH is 1. The maximum atomic E-state index is 13.5. The summed E-state index contributed by atoms with van der Waals surface area (Å²) in [5.41, 5.74) is 6.50. The van der Waals surface area contributed by atoms with E-state index >= 15 is 0 Å². The second-order valence-electron chi connectivity index (χ2n) is 3.09. The third-order valence-corrected chi connectivity index (χ3v) is 2.87. The molecular formula is C12H14FNOS. The number of hydrogen-bond donors (Lipinski definition) is 2. The highest BCUT2D eigenvalue weighted by Crippen LogP contribution is 2.16. The van der Waals surface area contributed by atoms with E-state index in [9.17, 15) is 4.39 Å². The van der Waals surface area contributed by atoms with Crippen molar-refractivity contribution in [2.75, 3.05) is 18.9 Å². The monoisotopic (exact) mass is 239 g/mol. The van der Waals surface area contributed by atoms with Crippen molar-refractivity contribution in [2.45, 2.75) is 5.75 Å². The Kier molecular flexibility index (Phi) is 5.94. The molecule has 0 saturated heterocycles. The van der Waals surface area contributed by atoms with Gasteiger partial charge in [0.25, 0.3) is 0 Å². The van der Waals surface area contributed by atoms with Crippen LogP contribution < -0.4 is 5.73 Å². The van der Waals surface area contributed by atoms with Crippen LogP contribution >= 0.6 is 11.8 Å². The largest absolute Gasteiger partial charge is 0.396 e. The van der Waals surface area contributed by atoms with Crippen LogP contribution in [0.3, 0.4) is 0 Å². The van der Waals surface area contributed by atoms with Gasteiger partial charge in [0.15, 0.2) is 0 Å². The SMILES string of the molecule is NCC#Cc1ccc(CSCCO)c(F)c1. The predicted octanol–water partition coefficient (Wildman–Crippen LogP) is 1.36. The minimum atomic E-state index is -0.255. The van der Waals surface area contributed by atoms with E-state index in [1.165, 1.54) is 17.8 Å². The fourth-order valence-electron chi connectivity index (χ4n) is 1.14. The first-order chi connectivity index (χ1) is 7.77. The summed E-state index contributed by atoms with van der Waals surface area (Å²) in [6.07, 6.45) is 0. The van der Waals surface area contributed by atoms with Crippen LogP contribution in [0.25, 0.3) is 0 Å². The highest BCUT2D eigenvalue weighted by molar-refractivity contribution is 7.98. The van der Waals surface area contributed by atoms with E-state index < -0.39 is 0 Å². The second-order valence-corrected chi connectivity index (χ2v) is 4.19. The molecule has 0 radical (unpaired) electrons. The van der Waals surface area contributed by atoms with Crippen molar-refractivity contribution in [3.05, 3.63) is 35.1 Å². The molecule has 3 N–H and O–H groups in total. The second kappa shape index (κ2) is 7.29. The number of nitrogens with two attached hydrogens (primary N) is 1. The highest BCUT2D eigenvalue weighted by atomic mass is 32.2. The predicted molar refractivity (Wildman–Crippen MR) is 65.6 cm³/mol. The van der Waals surface area contributed by atoms with Gasteiger partial charge in [0.1, 0.15) is 5.82 Å². The molecule has 2 nitrogen and oxygen atoms in total. The fraction of sp³-hybridized carbons (Fsp3) is 0.333. The van der Waals surface area contributed by atoms with Gasteiger partial charge in [0.2, 0.25) is 0 Å². The first kappa shape index (κ1) is 13.0. The molecule has 0 atom stereocenters. The zero-order valence-corrected chi connectivity index (χ0v) is 9.69. The van der Waals surface area contributed by atoms with Crippen LogP contribution in [-0.4, -0.2) is 24.0 Å². The molecule has 1 aromatic carbocycles. The number of halogens is 1. The van der Waals surface area contributed by atoms with Gasteiger partial charge in [-0.25, -0.2) is 4.39 Å². The van der Waals surface area contributed by atoms with Gasteiger partial charge in [-0.15, -0.1) is 0 Å². The average Bonchev–Trinajstić information content (AvgIpc) is 2.29. The third kappa shape index (κ3) is 4.23. The van der Waals surface area contributed by atoms with Crippen molar-refractivity contribution in [1.29, 1.82) is 0 Å². The molecule has 16 heavy (non-hydrogen) atoms. The first-order valence-corrected chi connectivity index (χ1v) is 6.09. The molecule has 0 fully saturated rings. The normalized spacial score (nSPS) is 9.69. The topological polar surface area (TPSA) is 46.2 Å². The maximum Gasteiger partial charge on any atom is 0.128 e. The Morgan fingerprint density at radius 1 is 1.44 bits per heavy atom. The molecular weight excluding hydrogens is 225 g/mol. The van der Waals surface area contributed by atoms with E-state index in [2.05, 4.69) is 11.8 Å². The first-order valence-electron chi connectivity index (χ1n) is 4.94. The molecule has 0 aliphatic heterocycles. The molecule has 0 amide bonds. The number of benzene rings is 1. The molecule has 0 aromatic heterocycles. The van der Waals surface area contributed by atoms with Gasteiger partial charge in [-0.2, -0.15) is 11.8 Å². The Morgan fingerprint density at radius 3 is 2.88 bits per heavy atom. The number of rotatable bonds is 4. The lowest BCUT2D eigenvalue weighted by Gasteiger charge is -2.02. The van der Waals surface area contributed by atoms with Gasteiger partial charge in [0.05, 0.1) is 13.2 Å². The molecule has 0 bridgehead atoms. The summed E-state index contributed by atoms with van der Waals surface area (Å²) in [5, 5.41) is 8.61. The Hall–Kier alpha value is -1.02. The summed E-state index contributed by atoms with van der Waals surface area (Å²) in [7, 11) is 0. The zero-order valence-electron chi connectivity index (χ0n) is 8.87. The van der Waals surface area contributed by atoms with E-state index in [0.717, 1.165) is 0 Å². The van der Waals surface area contributed by atoms with Gasteiger partial charge < -0.3 is 10.8 Å². The summed E-state index contributed by atoms with van der Waals surface area (Å²) in [5.74, 6) is 6.38. The molecule has 0 aliphatic rings. The van der Waals surface area contributed by atoms with Crippen molar-refractivity contribution in [3.63, 3.8) is 0 Å². The van der Waals surface area contributed by atoms with Crippen LogP contribution in [0.1, 0.15) is 11.1 Å². The van der Waals surface area contributed by atoms with Gasteiger partial charge in [0, 0.05) is 17.1 Å².